The zero-order valence-corrected chi connectivity index (χ0v) is 16.3. The molecule has 2 heterocycles. The van der Waals surface area contributed by atoms with Crippen LogP contribution in [-0.2, 0) is 4.79 Å². The van der Waals surface area contributed by atoms with Crippen LogP contribution in [0.5, 0.6) is 23.4 Å². The smallest absolute Gasteiger partial charge is 0.320 e. The molecule has 3 aromatic rings. The Labute approximate surface area is 168 Å². The van der Waals surface area contributed by atoms with Gasteiger partial charge in [0.05, 0.1) is 31.2 Å². The molecule has 0 spiro atoms. The third kappa shape index (κ3) is 4.22. The number of nitrogens with one attached hydrogen (secondary N) is 2. The van der Waals surface area contributed by atoms with Crippen LogP contribution >= 0.6 is 0 Å². The number of methoxy groups -OCH3 is 2. The normalized spacial score (nSPS) is 15.9. The fourth-order valence-corrected chi connectivity index (χ4v) is 3.25. The van der Waals surface area contributed by atoms with E-state index < -0.39 is 0 Å². The van der Waals surface area contributed by atoms with Crippen LogP contribution < -0.4 is 24.8 Å². The van der Waals surface area contributed by atoms with Gasteiger partial charge in [0.15, 0.2) is 0 Å². The van der Waals surface area contributed by atoms with Crippen LogP contribution in [0, 0.1) is 0 Å². The van der Waals surface area contributed by atoms with Gasteiger partial charge in [-0.05, 0) is 61.9 Å². The van der Waals surface area contributed by atoms with Gasteiger partial charge < -0.3 is 24.8 Å². The summed E-state index contributed by atoms with van der Waals surface area (Å²) in [4.78, 5) is 20.7. The molecule has 0 radical (unpaired) electrons. The van der Waals surface area contributed by atoms with E-state index in [-0.39, 0.29) is 18.0 Å². The first kappa shape index (κ1) is 18.9. The Balaban J connectivity index is 1.48. The molecular weight excluding hydrogens is 372 g/mol. The van der Waals surface area contributed by atoms with E-state index in [9.17, 15) is 4.79 Å². The largest absolute Gasteiger partial charge is 0.480 e. The molecule has 0 aliphatic carbocycles. The molecule has 2 N–H and O–H groups in total. The van der Waals surface area contributed by atoms with Gasteiger partial charge in [-0.15, -0.1) is 0 Å². The van der Waals surface area contributed by atoms with E-state index in [2.05, 4.69) is 20.6 Å². The molecule has 0 unspecified atom stereocenters. The molecule has 0 saturated carbocycles. The third-order valence-corrected chi connectivity index (χ3v) is 4.72. The Morgan fingerprint density at radius 1 is 1.07 bits per heavy atom. The van der Waals surface area contributed by atoms with Crippen molar-refractivity contribution in [1.82, 2.24) is 15.3 Å². The van der Waals surface area contributed by atoms with Crippen LogP contribution in [0.15, 0.2) is 42.5 Å². The number of rotatable bonds is 6. The molecule has 4 rings (SSSR count). The van der Waals surface area contributed by atoms with E-state index in [0.717, 1.165) is 30.5 Å². The maximum Gasteiger partial charge on any atom is 0.320 e. The number of nitrogens with zero attached hydrogens (tertiary/aromatic N) is 2. The van der Waals surface area contributed by atoms with Gasteiger partial charge in [0.25, 0.3) is 0 Å². The fraction of sp³-hybridized carbons (Fsp3) is 0.286. The van der Waals surface area contributed by atoms with Gasteiger partial charge >= 0.3 is 6.01 Å². The molecule has 1 amide bonds. The Hall–Kier alpha value is -3.39. The van der Waals surface area contributed by atoms with E-state index in [1.54, 1.807) is 7.11 Å². The van der Waals surface area contributed by atoms with Gasteiger partial charge in [-0.1, -0.05) is 0 Å². The Morgan fingerprint density at radius 2 is 1.86 bits per heavy atom. The molecule has 1 aliphatic rings. The Kier molecular flexibility index (Phi) is 5.44. The molecule has 2 aromatic carbocycles. The molecule has 1 atom stereocenters. The van der Waals surface area contributed by atoms with Gasteiger partial charge in [-0.2, -0.15) is 9.97 Å². The first-order chi connectivity index (χ1) is 14.2. The molecule has 1 saturated heterocycles. The number of carbonyl (C=O) groups is 1. The summed E-state index contributed by atoms with van der Waals surface area (Å²) in [5.41, 5.74) is 1.43. The highest BCUT2D eigenvalue weighted by atomic mass is 16.5. The van der Waals surface area contributed by atoms with E-state index in [4.69, 9.17) is 14.2 Å². The summed E-state index contributed by atoms with van der Waals surface area (Å²) in [6.07, 6.45) is 1.90. The monoisotopic (exact) mass is 394 g/mol. The summed E-state index contributed by atoms with van der Waals surface area (Å²) < 4.78 is 16.4. The standard InChI is InChI=1S/C21H22N4O4/c1-27-20-16-12-15(9-10-17(16)24-21(25-20)28-2)29-14-7-5-13(6-8-14)23-19(26)18-4-3-11-22-18/h5-10,12,18,22H,3-4,11H2,1-2H3,(H,23,26)/t18-/m0/s1. The summed E-state index contributed by atoms with van der Waals surface area (Å²) >= 11 is 0. The number of hydrogen-bond donors (Lipinski definition) is 2. The quantitative estimate of drug-likeness (QED) is 0.663. The van der Waals surface area contributed by atoms with Crippen LogP contribution in [-0.4, -0.2) is 42.7 Å². The molecular formula is C21H22N4O4. The van der Waals surface area contributed by atoms with Gasteiger partial charge in [-0.3, -0.25) is 4.79 Å². The summed E-state index contributed by atoms with van der Waals surface area (Å²) in [7, 11) is 3.05. The summed E-state index contributed by atoms with van der Waals surface area (Å²) in [6, 6.07) is 12.8. The van der Waals surface area contributed by atoms with Crippen molar-refractivity contribution in [3.8, 4) is 23.4 Å². The van der Waals surface area contributed by atoms with Crippen LogP contribution in [0.2, 0.25) is 0 Å². The number of hydrogen-bond acceptors (Lipinski definition) is 7. The van der Waals surface area contributed by atoms with Crippen molar-refractivity contribution in [3.63, 3.8) is 0 Å². The molecule has 8 nitrogen and oxygen atoms in total. The van der Waals surface area contributed by atoms with Crippen molar-refractivity contribution in [1.29, 1.82) is 0 Å². The second kappa shape index (κ2) is 8.32. The van der Waals surface area contributed by atoms with Gasteiger partial charge in [0.2, 0.25) is 11.8 Å². The van der Waals surface area contributed by atoms with E-state index in [0.29, 0.717) is 22.9 Å². The lowest BCUT2D eigenvalue weighted by atomic mass is 10.2. The van der Waals surface area contributed by atoms with Crippen LogP contribution in [0.25, 0.3) is 10.9 Å². The van der Waals surface area contributed by atoms with Gasteiger partial charge in [-0.25, -0.2) is 0 Å². The number of anilines is 1. The lowest BCUT2D eigenvalue weighted by Crippen LogP contribution is -2.35. The maximum atomic E-state index is 12.2. The lowest BCUT2D eigenvalue weighted by Gasteiger charge is -2.12. The molecule has 1 fully saturated rings. The minimum absolute atomic E-state index is 0.00628. The van der Waals surface area contributed by atoms with Crippen molar-refractivity contribution in [2.24, 2.45) is 0 Å². The van der Waals surface area contributed by atoms with Crippen molar-refractivity contribution in [2.75, 3.05) is 26.1 Å². The first-order valence-corrected chi connectivity index (χ1v) is 9.38. The predicted molar refractivity (Wildman–Crippen MR) is 109 cm³/mol. The zero-order chi connectivity index (χ0) is 20.2. The van der Waals surface area contributed by atoms with Gasteiger partial charge in [0, 0.05) is 5.69 Å². The molecule has 0 bridgehead atoms. The zero-order valence-electron chi connectivity index (χ0n) is 16.3. The van der Waals surface area contributed by atoms with E-state index in [1.165, 1.54) is 7.11 Å². The van der Waals surface area contributed by atoms with Gasteiger partial charge in [0.1, 0.15) is 11.5 Å². The second-order valence-corrected chi connectivity index (χ2v) is 6.66. The summed E-state index contributed by atoms with van der Waals surface area (Å²) in [5.74, 6) is 1.68. The molecule has 1 aromatic heterocycles. The highest BCUT2D eigenvalue weighted by Crippen LogP contribution is 2.31. The Morgan fingerprint density at radius 3 is 2.55 bits per heavy atom. The summed E-state index contributed by atoms with van der Waals surface area (Å²) in [5, 5.41) is 6.83. The number of fused-ring (bicyclic) bond motifs is 1. The minimum Gasteiger partial charge on any atom is -0.480 e. The number of carbonyl (C=O) groups excluding carboxylic acids is 1. The molecule has 29 heavy (non-hydrogen) atoms. The number of amides is 1. The van der Waals surface area contributed by atoms with Crippen molar-refractivity contribution < 1.29 is 19.0 Å². The van der Waals surface area contributed by atoms with Crippen LogP contribution in [0.4, 0.5) is 5.69 Å². The van der Waals surface area contributed by atoms with Crippen molar-refractivity contribution in [2.45, 2.75) is 18.9 Å². The third-order valence-electron chi connectivity index (χ3n) is 4.72. The highest BCUT2D eigenvalue weighted by molar-refractivity contribution is 5.95. The highest BCUT2D eigenvalue weighted by Gasteiger charge is 2.21. The fourth-order valence-electron chi connectivity index (χ4n) is 3.25. The van der Waals surface area contributed by atoms with Crippen molar-refractivity contribution >= 4 is 22.5 Å². The average molecular weight is 394 g/mol. The van der Waals surface area contributed by atoms with E-state index in [1.807, 2.05) is 42.5 Å². The summed E-state index contributed by atoms with van der Waals surface area (Å²) in [6.45, 7) is 0.888. The SMILES string of the molecule is COc1nc(OC)c2cc(Oc3ccc(NC(=O)[C@@H]4CCCN4)cc3)ccc2n1. The van der Waals surface area contributed by atoms with Crippen LogP contribution in [0.3, 0.4) is 0 Å². The molecule has 150 valence electrons. The van der Waals surface area contributed by atoms with Crippen molar-refractivity contribution in [3.05, 3.63) is 42.5 Å². The Bertz CT molecular complexity index is 1020. The van der Waals surface area contributed by atoms with E-state index >= 15 is 0 Å². The number of benzene rings is 2. The lowest BCUT2D eigenvalue weighted by molar-refractivity contribution is -0.117. The second-order valence-electron chi connectivity index (χ2n) is 6.66. The maximum absolute atomic E-state index is 12.2. The predicted octanol–water partition coefficient (Wildman–Crippen LogP) is 3.13. The van der Waals surface area contributed by atoms with Crippen LogP contribution in [0.1, 0.15) is 12.8 Å². The molecule has 8 heteroatoms. The first-order valence-electron chi connectivity index (χ1n) is 9.38. The minimum atomic E-state index is -0.112. The average Bonchev–Trinajstić information content (AvgIpc) is 3.29. The number of aromatic nitrogens is 2. The topological polar surface area (TPSA) is 94.6 Å². The molecule has 1 aliphatic heterocycles. The number of ether oxygens (including phenoxy) is 3.